The molecule has 1 aliphatic rings. The molecule has 0 spiro atoms. The molecule has 0 amide bonds. The maximum Gasteiger partial charge on any atom is 0.0521 e. The van der Waals surface area contributed by atoms with Gasteiger partial charge in [0.1, 0.15) is 0 Å². The molecule has 1 aromatic heterocycles. The van der Waals surface area contributed by atoms with Crippen LogP contribution in [0.25, 0.3) is 0 Å². The van der Waals surface area contributed by atoms with Crippen molar-refractivity contribution in [1.82, 2.24) is 20.0 Å². The summed E-state index contributed by atoms with van der Waals surface area (Å²) in [5.74, 6) is 0. The summed E-state index contributed by atoms with van der Waals surface area (Å²) in [4.78, 5) is 2.56. The second kappa shape index (κ2) is 6.90. The van der Waals surface area contributed by atoms with Crippen LogP contribution in [0.2, 0.25) is 0 Å². The zero-order valence-corrected chi connectivity index (χ0v) is 11.7. The quantitative estimate of drug-likeness (QED) is 0.835. The summed E-state index contributed by atoms with van der Waals surface area (Å²) in [6.07, 6.45) is 7.14. The molecule has 0 aliphatic carbocycles. The van der Waals surface area contributed by atoms with Crippen LogP contribution in [0, 0.1) is 0 Å². The third-order valence-corrected chi connectivity index (χ3v) is 3.74. The van der Waals surface area contributed by atoms with E-state index in [9.17, 15) is 0 Å². The molecule has 0 bridgehead atoms. The Labute approximate surface area is 110 Å². The highest BCUT2D eigenvalue weighted by atomic mass is 15.3. The maximum atomic E-state index is 4.25. The van der Waals surface area contributed by atoms with E-state index in [1.165, 1.54) is 51.0 Å². The Morgan fingerprint density at radius 3 is 3.00 bits per heavy atom. The first-order valence-electron chi connectivity index (χ1n) is 7.22. The van der Waals surface area contributed by atoms with Gasteiger partial charge in [-0.15, -0.1) is 0 Å². The van der Waals surface area contributed by atoms with E-state index in [2.05, 4.69) is 28.3 Å². The summed E-state index contributed by atoms with van der Waals surface area (Å²) in [5, 5.41) is 7.89. The lowest BCUT2D eigenvalue weighted by atomic mass is 10.0. The van der Waals surface area contributed by atoms with Gasteiger partial charge in [0.25, 0.3) is 0 Å². The summed E-state index contributed by atoms with van der Waals surface area (Å²) in [6.45, 7) is 6.80. The van der Waals surface area contributed by atoms with Crippen molar-refractivity contribution in [3.63, 3.8) is 0 Å². The highest BCUT2D eigenvalue weighted by Gasteiger charge is 2.17. The largest absolute Gasteiger partial charge is 0.313 e. The van der Waals surface area contributed by atoms with Crippen LogP contribution in [-0.4, -0.2) is 40.4 Å². The average molecular weight is 250 g/mol. The first kappa shape index (κ1) is 13.6. The van der Waals surface area contributed by atoms with Gasteiger partial charge in [-0.3, -0.25) is 9.58 Å². The highest BCUT2D eigenvalue weighted by molar-refractivity contribution is 4.99. The number of hydrogen-bond donors (Lipinski definition) is 1. The van der Waals surface area contributed by atoms with Crippen LogP contribution < -0.4 is 5.32 Å². The molecule has 1 aromatic rings. The van der Waals surface area contributed by atoms with E-state index in [0.717, 1.165) is 6.54 Å². The number of hydrogen-bond acceptors (Lipinski definition) is 3. The van der Waals surface area contributed by atoms with Gasteiger partial charge in [-0.25, -0.2) is 0 Å². The summed E-state index contributed by atoms with van der Waals surface area (Å²) < 4.78 is 1.98. The van der Waals surface area contributed by atoms with Crippen LogP contribution in [0.5, 0.6) is 0 Å². The average Bonchev–Trinajstić information content (AvgIpc) is 2.77. The second-order valence-corrected chi connectivity index (χ2v) is 5.33. The molecule has 0 radical (unpaired) electrons. The van der Waals surface area contributed by atoms with E-state index in [1.807, 2.05) is 17.9 Å². The zero-order valence-electron chi connectivity index (χ0n) is 11.7. The third kappa shape index (κ3) is 3.82. The molecule has 1 aliphatic heterocycles. The molecule has 2 rings (SSSR count). The molecule has 0 saturated carbocycles. The van der Waals surface area contributed by atoms with E-state index in [4.69, 9.17) is 0 Å². The van der Waals surface area contributed by atoms with Gasteiger partial charge in [-0.2, -0.15) is 5.10 Å². The van der Waals surface area contributed by atoms with E-state index in [1.54, 1.807) is 0 Å². The molecule has 1 fully saturated rings. The summed E-state index contributed by atoms with van der Waals surface area (Å²) in [6, 6.07) is 2.80. The Bertz CT molecular complexity index is 341. The van der Waals surface area contributed by atoms with Gasteiger partial charge in [0.05, 0.1) is 5.69 Å². The monoisotopic (exact) mass is 250 g/mol. The lowest BCUT2D eigenvalue weighted by molar-refractivity contribution is 0.213. The molecule has 102 valence electrons. The summed E-state index contributed by atoms with van der Waals surface area (Å²) in [7, 11) is 2.03. The second-order valence-electron chi connectivity index (χ2n) is 5.33. The number of piperidine rings is 1. The van der Waals surface area contributed by atoms with E-state index >= 15 is 0 Å². The Balaban J connectivity index is 1.88. The molecule has 4 nitrogen and oxygen atoms in total. The Hall–Kier alpha value is -0.870. The predicted molar refractivity (Wildman–Crippen MR) is 74.4 cm³/mol. The lowest BCUT2D eigenvalue weighted by Crippen LogP contribution is -2.43. The molecule has 0 aromatic carbocycles. The fourth-order valence-corrected chi connectivity index (χ4v) is 2.73. The zero-order chi connectivity index (χ0) is 12.8. The van der Waals surface area contributed by atoms with Gasteiger partial charge < -0.3 is 5.32 Å². The molecule has 4 heteroatoms. The summed E-state index contributed by atoms with van der Waals surface area (Å²) >= 11 is 0. The van der Waals surface area contributed by atoms with Gasteiger partial charge in [-0.1, -0.05) is 13.3 Å². The van der Waals surface area contributed by atoms with Crippen molar-refractivity contribution in [3.8, 4) is 0 Å². The van der Waals surface area contributed by atoms with Gasteiger partial charge in [-0.05, 0) is 38.4 Å². The fraction of sp³-hybridized carbons (Fsp3) is 0.786. The van der Waals surface area contributed by atoms with Gasteiger partial charge in [0.2, 0.25) is 0 Å². The van der Waals surface area contributed by atoms with Crippen molar-refractivity contribution in [1.29, 1.82) is 0 Å². The lowest BCUT2D eigenvalue weighted by Gasteiger charge is -2.30. The SMILES string of the molecule is CCCN(Cc1ccnn1C)CC1CCCCN1. The number of nitrogens with zero attached hydrogens (tertiary/aromatic N) is 3. The van der Waals surface area contributed by atoms with Crippen molar-refractivity contribution >= 4 is 0 Å². The van der Waals surface area contributed by atoms with Crippen molar-refractivity contribution in [2.45, 2.75) is 45.2 Å². The maximum absolute atomic E-state index is 4.25. The first-order chi connectivity index (χ1) is 8.79. The standard InChI is InChI=1S/C14H26N4/c1-3-10-18(11-13-6-4-5-8-15-13)12-14-7-9-16-17(14)2/h7,9,13,15H,3-6,8,10-12H2,1-2H3. The van der Waals surface area contributed by atoms with Crippen LogP contribution in [0.1, 0.15) is 38.3 Å². The Morgan fingerprint density at radius 2 is 2.39 bits per heavy atom. The van der Waals surface area contributed by atoms with Crippen LogP contribution in [0.15, 0.2) is 12.3 Å². The number of nitrogens with one attached hydrogen (secondary N) is 1. The smallest absolute Gasteiger partial charge is 0.0521 e. The number of aromatic nitrogens is 2. The molecular formula is C14H26N4. The van der Waals surface area contributed by atoms with Crippen molar-refractivity contribution in [2.24, 2.45) is 7.05 Å². The predicted octanol–water partition coefficient (Wildman–Crippen LogP) is 1.77. The molecule has 2 heterocycles. The van der Waals surface area contributed by atoms with E-state index < -0.39 is 0 Å². The minimum Gasteiger partial charge on any atom is -0.313 e. The van der Waals surface area contributed by atoms with Crippen LogP contribution >= 0.6 is 0 Å². The minimum atomic E-state index is 0.679. The van der Waals surface area contributed by atoms with Gasteiger partial charge in [0, 0.05) is 32.4 Å². The van der Waals surface area contributed by atoms with E-state index in [-0.39, 0.29) is 0 Å². The van der Waals surface area contributed by atoms with Crippen LogP contribution in [0.3, 0.4) is 0 Å². The van der Waals surface area contributed by atoms with Gasteiger partial charge in [0.15, 0.2) is 0 Å². The number of aryl methyl sites for hydroxylation is 1. The van der Waals surface area contributed by atoms with Gasteiger partial charge >= 0.3 is 0 Å². The van der Waals surface area contributed by atoms with Crippen molar-refractivity contribution < 1.29 is 0 Å². The van der Waals surface area contributed by atoms with Crippen molar-refractivity contribution in [3.05, 3.63) is 18.0 Å². The Morgan fingerprint density at radius 1 is 1.50 bits per heavy atom. The van der Waals surface area contributed by atoms with Crippen LogP contribution in [-0.2, 0) is 13.6 Å². The normalized spacial score (nSPS) is 20.5. The first-order valence-corrected chi connectivity index (χ1v) is 7.22. The number of rotatable bonds is 6. The molecular weight excluding hydrogens is 224 g/mol. The van der Waals surface area contributed by atoms with Crippen molar-refractivity contribution in [2.75, 3.05) is 19.6 Å². The molecule has 1 atom stereocenters. The Kier molecular flexibility index (Phi) is 5.20. The minimum absolute atomic E-state index is 0.679. The van der Waals surface area contributed by atoms with E-state index in [0.29, 0.717) is 6.04 Å². The topological polar surface area (TPSA) is 33.1 Å². The fourth-order valence-electron chi connectivity index (χ4n) is 2.73. The van der Waals surface area contributed by atoms with Crippen LogP contribution in [0.4, 0.5) is 0 Å². The summed E-state index contributed by atoms with van der Waals surface area (Å²) in [5.41, 5.74) is 1.30. The molecule has 18 heavy (non-hydrogen) atoms. The molecule has 1 N–H and O–H groups in total. The highest BCUT2D eigenvalue weighted by Crippen LogP contribution is 2.11. The molecule has 1 saturated heterocycles. The molecule has 1 unspecified atom stereocenters. The third-order valence-electron chi connectivity index (χ3n) is 3.74.